The summed E-state index contributed by atoms with van der Waals surface area (Å²) in [5, 5.41) is 2.93. The number of ether oxygens (including phenoxy) is 1. The van der Waals surface area contributed by atoms with Crippen molar-refractivity contribution in [1.82, 2.24) is 10.3 Å². The van der Waals surface area contributed by atoms with Gasteiger partial charge in [-0.1, -0.05) is 0 Å². The molecule has 20 heavy (non-hydrogen) atoms. The number of morpholine rings is 1. The molecule has 6 heteroatoms. The van der Waals surface area contributed by atoms with Gasteiger partial charge >= 0.3 is 0 Å². The van der Waals surface area contributed by atoms with Crippen molar-refractivity contribution in [2.24, 2.45) is 5.73 Å². The van der Waals surface area contributed by atoms with E-state index in [1.165, 1.54) is 0 Å². The number of nitrogens with two attached hydrogens (primary N) is 1. The van der Waals surface area contributed by atoms with Crippen LogP contribution in [0, 0.1) is 0 Å². The number of pyridine rings is 1. The Morgan fingerprint density at radius 3 is 3.00 bits per heavy atom. The molecule has 2 heterocycles. The molecular formula is C14H22N4O2. The number of nitrogens with one attached hydrogen (secondary N) is 1. The van der Waals surface area contributed by atoms with Crippen molar-refractivity contribution >= 4 is 11.6 Å². The zero-order valence-corrected chi connectivity index (χ0v) is 12.0. The number of carbonyl (C=O) groups is 1. The van der Waals surface area contributed by atoms with Crippen molar-refractivity contribution in [2.75, 3.05) is 24.7 Å². The fourth-order valence-corrected chi connectivity index (χ4v) is 2.22. The summed E-state index contributed by atoms with van der Waals surface area (Å²) in [7, 11) is 0. The molecule has 6 nitrogen and oxygen atoms in total. The summed E-state index contributed by atoms with van der Waals surface area (Å²) in [6, 6.07) is 3.65. The molecule has 0 aromatic carbocycles. The molecule has 1 fully saturated rings. The molecule has 1 aliphatic heterocycles. The fraction of sp³-hybridized carbons (Fsp3) is 0.571. The van der Waals surface area contributed by atoms with Crippen LogP contribution >= 0.6 is 0 Å². The molecule has 1 aromatic heterocycles. The van der Waals surface area contributed by atoms with E-state index < -0.39 is 0 Å². The first-order valence-corrected chi connectivity index (χ1v) is 6.91. The van der Waals surface area contributed by atoms with Crippen molar-refractivity contribution in [1.29, 1.82) is 0 Å². The van der Waals surface area contributed by atoms with E-state index in [9.17, 15) is 4.79 Å². The summed E-state index contributed by atoms with van der Waals surface area (Å²) in [5.74, 6) is -0.0115. The highest BCUT2D eigenvalue weighted by Gasteiger charge is 2.30. The normalized spacial score (nSPS) is 19.2. The smallest absolute Gasteiger partial charge is 0.245 e. The molecule has 1 amide bonds. The lowest BCUT2D eigenvalue weighted by Crippen LogP contribution is -2.55. The largest absolute Gasteiger partial charge is 0.377 e. The second-order valence-electron chi connectivity index (χ2n) is 5.16. The number of hydrogen-bond acceptors (Lipinski definition) is 5. The molecule has 1 aromatic rings. The van der Waals surface area contributed by atoms with Crippen molar-refractivity contribution in [2.45, 2.75) is 32.5 Å². The Kier molecular flexibility index (Phi) is 4.92. The van der Waals surface area contributed by atoms with Crippen LogP contribution < -0.4 is 16.0 Å². The van der Waals surface area contributed by atoms with Crippen LogP contribution in [-0.2, 0) is 16.1 Å². The van der Waals surface area contributed by atoms with Gasteiger partial charge in [-0.05, 0) is 26.0 Å². The molecule has 0 radical (unpaired) electrons. The monoisotopic (exact) mass is 278 g/mol. The van der Waals surface area contributed by atoms with E-state index in [0.29, 0.717) is 26.3 Å². The highest BCUT2D eigenvalue weighted by atomic mass is 16.5. The van der Waals surface area contributed by atoms with E-state index in [4.69, 9.17) is 10.5 Å². The van der Waals surface area contributed by atoms with Crippen LogP contribution in [0.1, 0.15) is 19.5 Å². The first-order chi connectivity index (χ1) is 9.61. The van der Waals surface area contributed by atoms with Crippen molar-refractivity contribution in [3.05, 3.63) is 24.0 Å². The number of rotatable bonds is 4. The van der Waals surface area contributed by atoms with Crippen LogP contribution in [0.15, 0.2) is 18.3 Å². The minimum Gasteiger partial charge on any atom is -0.377 e. The van der Waals surface area contributed by atoms with E-state index in [-0.39, 0.29) is 18.0 Å². The molecule has 0 aliphatic carbocycles. The second kappa shape index (κ2) is 6.67. The summed E-state index contributed by atoms with van der Waals surface area (Å²) < 4.78 is 5.44. The average Bonchev–Trinajstić information content (AvgIpc) is 2.46. The van der Waals surface area contributed by atoms with Crippen LogP contribution in [0.3, 0.4) is 0 Å². The zero-order chi connectivity index (χ0) is 14.5. The lowest BCUT2D eigenvalue weighted by Gasteiger charge is -2.36. The topological polar surface area (TPSA) is 80.5 Å². The Balaban J connectivity index is 2.15. The summed E-state index contributed by atoms with van der Waals surface area (Å²) >= 11 is 0. The standard InChI is InChI=1S/C14H22N4O2/c1-10(2)17-14(19)13-9-20-6-5-18(13)12-4-3-11(7-15)16-8-12/h3-4,8,10,13H,5-7,9,15H2,1-2H3,(H,17,19). The molecule has 2 rings (SSSR count). The van der Waals surface area contributed by atoms with E-state index in [1.54, 1.807) is 6.20 Å². The minimum atomic E-state index is -0.309. The second-order valence-corrected chi connectivity index (χ2v) is 5.16. The highest BCUT2D eigenvalue weighted by molar-refractivity contribution is 5.85. The molecule has 1 saturated heterocycles. The third-order valence-electron chi connectivity index (χ3n) is 3.21. The average molecular weight is 278 g/mol. The predicted molar refractivity (Wildman–Crippen MR) is 77.4 cm³/mol. The minimum absolute atomic E-state index is 0.0115. The summed E-state index contributed by atoms with van der Waals surface area (Å²) in [6.07, 6.45) is 1.77. The third kappa shape index (κ3) is 3.46. The number of amides is 1. The molecule has 0 bridgehead atoms. The first-order valence-electron chi connectivity index (χ1n) is 6.91. The van der Waals surface area contributed by atoms with Crippen molar-refractivity contribution in [3.63, 3.8) is 0 Å². The lowest BCUT2D eigenvalue weighted by molar-refractivity contribution is -0.125. The molecule has 1 aliphatic rings. The van der Waals surface area contributed by atoms with Crippen LogP contribution in [0.2, 0.25) is 0 Å². The SMILES string of the molecule is CC(C)NC(=O)C1COCCN1c1ccc(CN)nc1. The van der Waals surface area contributed by atoms with Gasteiger partial charge in [0.2, 0.25) is 5.91 Å². The molecule has 110 valence electrons. The molecule has 0 saturated carbocycles. The number of anilines is 1. The highest BCUT2D eigenvalue weighted by Crippen LogP contribution is 2.19. The predicted octanol–water partition coefficient (Wildman–Crippen LogP) is 0.270. The van der Waals surface area contributed by atoms with Crippen LogP contribution in [0.25, 0.3) is 0 Å². The molecule has 0 spiro atoms. The van der Waals surface area contributed by atoms with Crippen LogP contribution in [0.4, 0.5) is 5.69 Å². The molecule has 3 N–H and O–H groups in total. The number of aromatic nitrogens is 1. The fourth-order valence-electron chi connectivity index (χ4n) is 2.22. The summed E-state index contributed by atoms with van der Waals surface area (Å²) in [5.41, 5.74) is 7.31. The maximum absolute atomic E-state index is 12.2. The van der Waals surface area contributed by atoms with Crippen LogP contribution in [-0.4, -0.2) is 42.7 Å². The lowest BCUT2D eigenvalue weighted by atomic mass is 10.1. The molecule has 1 atom stereocenters. The maximum atomic E-state index is 12.2. The van der Waals surface area contributed by atoms with Gasteiger partial charge in [-0.3, -0.25) is 9.78 Å². The molecule has 1 unspecified atom stereocenters. The van der Waals surface area contributed by atoms with E-state index >= 15 is 0 Å². The van der Waals surface area contributed by atoms with Gasteiger partial charge in [-0.25, -0.2) is 0 Å². The van der Waals surface area contributed by atoms with Gasteiger partial charge in [-0.15, -0.1) is 0 Å². The summed E-state index contributed by atoms with van der Waals surface area (Å²) in [6.45, 7) is 6.01. The van der Waals surface area contributed by atoms with Crippen molar-refractivity contribution < 1.29 is 9.53 Å². The van der Waals surface area contributed by atoms with Gasteiger partial charge in [0.1, 0.15) is 6.04 Å². The Morgan fingerprint density at radius 2 is 2.40 bits per heavy atom. The number of carbonyl (C=O) groups excluding carboxylic acids is 1. The van der Waals surface area contributed by atoms with Crippen LogP contribution in [0.5, 0.6) is 0 Å². The van der Waals surface area contributed by atoms with Gasteiger partial charge in [0.05, 0.1) is 30.8 Å². The van der Waals surface area contributed by atoms with E-state index in [2.05, 4.69) is 10.3 Å². The van der Waals surface area contributed by atoms with Gasteiger partial charge in [0.15, 0.2) is 0 Å². The first kappa shape index (κ1) is 14.7. The Morgan fingerprint density at radius 1 is 1.60 bits per heavy atom. The van der Waals surface area contributed by atoms with Gasteiger partial charge in [0.25, 0.3) is 0 Å². The van der Waals surface area contributed by atoms with E-state index in [1.807, 2.05) is 30.9 Å². The quantitative estimate of drug-likeness (QED) is 0.826. The van der Waals surface area contributed by atoms with Gasteiger partial charge < -0.3 is 20.7 Å². The maximum Gasteiger partial charge on any atom is 0.245 e. The third-order valence-corrected chi connectivity index (χ3v) is 3.21. The zero-order valence-electron chi connectivity index (χ0n) is 12.0. The van der Waals surface area contributed by atoms with Crippen molar-refractivity contribution in [3.8, 4) is 0 Å². The Hall–Kier alpha value is -1.66. The molecular weight excluding hydrogens is 256 g/mol. The van der Waals surface area contributed by atoms with E-state index in [0.717, 1.165) is 11.4 Å². The number of nitrogens with zero attached hydrogens (tertiary/aromatic N) is 2. The Labute approximate surface area is 119 Å². The van der Waals surface area contributed by atoms with Gasteiger partial charge in [-0.2, -0.15) is 0 Å². The summed E-state index contributed by atoms with van der Waals surface area (Å²) in [4.78, 5) is 18.6. The van der Waals surface area contributed by atoms with Gasteiger partial charge in [0, 0.05) is 19.1 Å². The Bertz CT molecular complexity index is 447. The number of hydrogen-bond donors (Lipinski definition) is 2.